The molecule has 1 aliphatic heterocycles. The molecule has 118 valence electrons. The number of hydrogen-bond donors (Lipinski definition) is 1. The molecule has 1 fully saturated rings. The average Bonchev–Trinajstić information content (AvgIpc) is 2.53. The molecule has 0 saturated carbocycles. The predicted molar refractivity (Wildman–Crippen MR) is 89.3 cm³/mol. The highest BCUT2D eigenvalue weighted by molar-refractivity contribution is 5.22. The summed E-state index contributed by atoms with van der Waals surface area (Å²) in [6.45, 7) is 7.89. The lowest BCUT2D eigenvalue weighted by Crippen LogP contribution is -2.36. The molecule has 0 spiro atoms. The molecule has 0 bridgehead atoms. The van der Waals surface area contributed by atoms with Crippen molar-refractivity contribution < 1.29 is 5.11 Å². The minimum Gasteiger partial charge on any atom is -0.385 e. The molecule has 0 aromatic heterocycles. The van der Waals surface area contributed by atoms with E-state index in [-0.39, 0.29) is 0 Å². The number of benzene rings is 1. The maximum atomic E-state index is 11.2. The molecule has 1 unspecified atom stereocenters. The van der Waals surface area contributed by atoms with Crippen LogP contribution >= 0.6 is 0 Å². The summed E-state index contributed by atoms with van der Waals surface area (Å²) in [5.41, 5.74) is 0.422. The maximum absolute atomic E-state index is 11.2. The summed E-state index contributed by atoms with van der Waals surface area (Å²) in [6.07, 6.45) is 6.79. The van der Waals surface area contributed by atoms with E-state index in [4.69, 9.17) is 0 Å². The molecule has 0 aliphatic carbocycles. The minimum absolute atomic E-state index is 0.634. The van der Waals surface area contributed by atoms with Gasteiger partial charge in [-0.25, -0.2) is 0 Å². The molecule has 21 heavy (non-hydrogen) atoms. The molecule has 1 aromatic rings. The van der Waals surface area contributed by atoms with Crippen molar-refractivity contribution in [1.82, 2.24) is 4.90 Å². The molecule has 1 aliphatic rings. The van der Waals surface area contributed by atoms with Crippen molar-refractivity contribution in [3.63, 3.8) is 0 Å². The second-order valence-electron chi connectivity index (χ2n) is 6.98. The summed E-state index contributed by atoms with van der Waals surface area (Å²) in [4.78, 5) is 2.52. The molecule has 0 amide bonds. The van der Waals surface area contributed by atoms with Gasteiger partial charge in [-0.05, 0) is 56.7 Å². The van der Waals surface area contributed by atoms with Crippen molar-refractivity contribution >= 4 is 0 Å². The van der Waals surface area contributed by atoms with Crippen molar-refractivity contribution in [2.75, 3.05) is 19.6 Å². The van der Waals surface area contributed by atoms with Crippen molar-refractivity contribution in [2.24, 2.45) is 5.92 Å². The predicted octanol–water partition coefficient (Wildman–Crippen LogP) is 4.19. The van der Waals surface area contributed by atoms with Gasteiger partial charge in [-0.15, -0.1) is 0 Å². The number of piperidine rings is 1. The summed E-state index contributed by atoms with van der Waals surface area (Å²) in [5, 5.41) is 11.2. The van der Waals surface area contributed by atoms with Crippen LogP contribution in [-0.4, -0.2) is 29.6 Å². The second kappa shape index (κ2) is 7.95. The fourth-order valence-corrected chi connectivity index (χ4v) is 3.22. The van der Waals surface area contributed by atoms with Crippen LogP contribution < -0.4 is 0 Å². The largest absolute Gasteiger partial charge is 0.385 e. The van der Waals surface area contributed by atoms with E-state index in [9.17, 15) is 5.11 Å². The summed E-state index contributed by atoms with van der Waals surface area (Å²) in [7, 11) is 0. The third kappa shape index (κ3) is 5.12. The molecule has 1 saturated heterocycles. The van der Waals surface area contributed by atoms with Gasteiger partial charge in [0.2, 0.25) is 0 Å². The number of likely N-dealkylation sites (tertiary alicyclic amines) is 1. The fourth-order valence-electron chi connectivity index (χ4n) is 3.22. The van der Waals surface area contributed by atoms with E-state index in [2.05, 4.69) is 30.9 Å². The van der Waals surface area contributed by atoms with Gasteiger partial charge in [0.05, 0.1) is 5.60 Å². The lowest BCUT2D eigenvalue weighted by molar-refractivity contribution is 0.00258. The zero-order valence-electron chi connectivity index (χ0n) is 13.7. The molecule has 1 heterocycles. The number of aliphatic hydroxyl groups is 1. The molecule has 1 atom stereocenters. The van der Waals surface area contributed by atoms with Crippen LogP contribution in [0, 0.1) is 5.92 Å². The summed E-state index contributed by atoms with van der Waals surface area (Å²) in [6, 6.07) is 10.3. The molecular formula is C19H31NO. The number of nitrogens with zero attached hydrogens (tertiary/aromatic N) is 1. The Bertz CT molecular complexity index is 397. The monoisotopic (exact) mass is 289 g/mol. The Morgan fingerprint density at radius 3 is 2.33 bits per heavy atom. The van der Waals surface area contributed by atoms with E-state index in [0.29, 0.717) is 5.92 Å². The third-order valence-corrected chi connectivity index (χ3v) is 4.74. The first-order chi connectivity index (χ1) is 10.1. The van der Waals surface area contributed by atoms with Crippen LogP contribution in [0.4, 0.5) is 0 Å². The van der Waals surface area contributed by atoms with Crippen molar-refractivity contribution in [3.05, 3.63) is 35.9 Å². The first-order valence-electron chi connectivity index (χ1n) is 8.60. The normalized spacial score (nSPS) is 19.6. The van der Waals surface area contributed by atoms with Gasteiger partial charge in [0.15, 0.2) is 0 Å². The van der Waals surface area contributed by atoms with Gasteiger partial charge in [-0.1, -0.05) is 50.6 Å². The van der Waals surface area contributed by atoms with Crippen LogP contribution in [0.5, 0.6) is 0 Å². The van der Waals surface area contributed by atoms with Gasteiger partial charge in [0.25, 0.3) is 0 Å². The zero-order chi connectivity index (χ0) is 15.1. The Kier molecular flexibility index (Phi) is 6.25. The highest BCUT2D eigenvalue weighted by Gasteiger charge is 2.29. The second-order valence-corrected chi connectivity index (χ2v) is 6.98. The highest BCUT2D eigenvalue weighted by Crippen LogP contribution is 2.32. The lowest BCUT2D eigenvalue weighted by Gasteiger charge is -2.34. The van der Waals surface area contributed by atoms with Crippen LogP contribution in [0.3, 0.4) is 0 Å². The highest BCUT2D eigenvalue weighted by atomic mass is 16.3. The van der Waals surface area contributed by atoms with E-state index in [1.807, 2.05) is 18.2 Å². The van der Waals surface area contributed by atoms with Crippen molar-refractivity contribution in [2.45, 2.75) is 58.0 Å². The van der Waals surface area contributed by atoms with Gasteiger partial charge in [-0.3, -0.25) is 0 Å². The Balaban J connectivity index is 2.00. The standard InChI is InChI=1S/C19H31NO/c1-17(2)11-12-19(21,18-9-5-3-6-10-18)13-16-20-14-7-4-8-15-20/h3,5-6,9-10,17,21H,4,7-8,11-16H2,1-2H3. The van der Waals surface area contributed by atoms with Crippen molar-refractivity contribution in [3.8, 4) is 0 Å². The molecule has 1 N–H and O–H groups in total. The molecule has 1 aromatic carbocycles. The summed E-state index contributed by atoms with van der Waals surface area (Å²) < 4.78 is 0. The zero-order valence-corrected chi connectivity index (χ0v) is 13.7. The molecular weight excluding hydrogens is 258 g/mol. The van der Waals surface area contributed by atoms with E-state index < -0.39 is 5.60 Å². The fraction of sp³-hybridized carbons (Fsp3) is 0.684. The smallest absolute Gasteiger partial charge is 0.0908 e. The van der Waals surface area contributed by atoms with Crippen LogP contribution in [-0.2, 0) is 5.60 Å². The van der Waals surface area contributed by atoms with E-state index in [1.54, 1.807) is 0 Å². The Morgan fingerprint density at radius 2 is 1.71 bits per heavy atom. The first kappa shape index (κ1) is 16.5. The third-order valence-electron chi connectivity index (χ3n) is 4.74. The SMILES string of the molecule is CC(C)CCC(O)(CCN1CCCCC1)c1ccccc1. The molecule has 2 rings (SSSR count). The summed E-state index contributed by atoms with van der Waals surface area (Å²) >= 11 is 0. The summed E-state index contributed by atoms with van der Waals surface area (Å²) in [5.74, 6) is 0.634. The van der Waals surface area contributed by atoms with Gasteiger partial charge < -0.3 is 10.0 Å². The molecule has 2 nitrogen and oxygen atoms in total. The number of hydrogen-bond acceptors (Lipinski definition) is 2. The number of rotatable bonds is 7. The first-order valence-corrected chi connectivity index (χ1v) is 8.60. The van der Waals surface area contributed by atoms with Gasteiger partial charge >= 0.3 is 0 Å². The van der Waals surface area contributed by atoms with Gasteiger partial charge in [0.1, 0.15) is 0 Å². The Morgan fingerprint density at radius 1 is 1.05 bits per heavy atom. The Hall–Kier alpha value is -0.860. The average molecular weight is 289 g/mol. The van der Waals surface area contributed by atoms with Crippen molar-refractivity contribution in [1.29, 1.82) is 0 Å². The molecule has 0 radical (unpaired) electrons. The quantitative estimate of drug-likeness (QED) is 0.813. The van der Waals surface area contributed by atoms with E-state index >= 15 is 0 Å². The van der Waals surface area contributed by atoms with Gasteiger partial charge in [-0.2, -0.15) is 0 Å². The van der Waals surface area contributed by atoms with Crippen LogP contribution in [0.15, 0.2) is 30.3 Å². The van der Waals surface area contributed by atoms with Crippen LogP contribution in [0.1, 0.15) is 57.9 Å². The maximum Gasteiger partial charge on any atom is 0.0908 e. The lowest BCUT2D eigenvalue weighted by atomic mass is 9.84. The van der Waals surface area contributed by atoms with E-state index in [0.717, 1.165) is 31.4 Å². The minimum atomic E-state index is -0.664. The van der Waals surface area contributed by atoms with Crippen LogP contribution in [0.25, 0.3) is 0 Å². The molecule has 2 heteroatoms. The van der Waals surface area contributed by atoms with E-state index in [1.165, 1.54) is 32.4 Å². The Labute approximate surface area is 130 Å². The van der Waals surface area contributed by atoms with Crippen LogP contribution in [0.2, 0.25) is 0 Å². The topological polar surface area (TPSA) is 23.5 Å². The van der Waals surface area contributed by atoms with Gasteiger partial charge in [0, 0.05) is 6.54 Å².